The Kier molecular flexibility index (Phi) is 52.1. The number of hydrogen-bond acceptors (Lipinski definition) is 45. The van der Waals surface area contributed by atoms with Crippen LogP contribution in [0.2, 0.25) is 0 Å². The van der Waals surface area contributed by atoms with Crippen LogP contribution in [-0.2, 0) is 191 Å². The van der Waals surface area contributed by atoms with Gasteiger partial charge in [-0.25, -0.2) is 114 Å². The van der Waals surface area contributed by atoms with Gasteiger partial charge in [0.2, 0.25) is 0 Å². The Morgan fingerprint density at radius 1 is 0.194 bits per heavy atom. The molecule has 144 heavy (non-hydrogen) atoms. The van der Waals surface area contributed by atoms with Crippen LogP contribution in [0.25, 0.3) is 0 Å². The topological polar surface area (TPSA) is 690 Å². The highest BCUT2D eigenvalue weighted by molar-refractivity contribution is 5.87. The largest absolute Gasteiger partial charge is 0.463 e. The summed E-state index contributed by atoms with van der Waals surface area (Å²) in [6.07, 6.45) is -0.0817. The molecule has 0 aromatic carbocycles. The van der Waals surface area contributed by atoms with Crippen molar-refractivity contribution in [3.63, 3.8) is 0 Å². The minimum absolute atomic E-state index is 0.178. The van der Waals surface area contributed by atoms with Crippen molar-refractivity contribution in [2.45, 2.75) is 115 Å². The molecule has 0 spiro atoms. The Morgan fingerprint density at radius 2 is 0.306 bits per heavy atom. The summed E-state index contributed by atoms with van der Waals surface area (Å²) in [5.74, 6) is -17.1. The summed E-state index contributed by atoms with van der Waals surface area (Å²) in [6.45, 7) is 25.6. The first kappa shape index (κ1) is 125. The molecule has 0 saturated heterocycles. The summed E-state index contributed by atoms with van der Waals surface area (Å²) in [6, 6.07) is 0. The molecule has 792 valence electrons. The van der Waals surface area contributed by atoms with Gasteiger partial charge in [0.05, 0.1) is 19.6 Å². The summed E-state index contributed by atoms with van der Waals surface area (Å²) in [5.41, 5.74) is -23.8. The average molecular weight is 2040 g/mol. The van der Waals surface area contributed by atoms with Crippen LogP contribution in [0.3, 0.4) is 0 Å². The predicted octanol–water partition coefficient (Wildman–Crippen LogP) is 0.480. The molecular formula is C90H117N9O45. The number of carbonyl (C=O) groups excluding carboxylic acids is 21. The molecule has 0 radical (unpaired) electrons. The molecule has 6 amide bonds. The minimum Gasteiger partial charge on any atom is -0.463 e. The fourth-order valence-corrected chi connectivity index (χ4v) is 10.1. The third-order valence-electron chi connectivity index (χ3n) is 18.5. The van der Waals surface area contributed by atoms with Gasteiger partial charge in [-0.3, -0.25) is 14.4 Å². The molecule has 0 saturated carbocycles. The van der Waals surface area contributed by atoms with Gasteiger partial charge in [-0.1, -0.05) is 78.9 Å². The van der Waals surface area contributed by atoms with Crippen LogP contribution in [0.15, 0.2) is 166 Å². The molecule has 0 atom stereocenters. The molecule has 0 aliphatic rings. The second-order valence-electron chi connectivity index (χ2n) is 32.7. The number of ether oxygens (including phenoxy) is 21. The SMILES string of the molecule is C=CC(=O)OCC(C)(COC(=O)C=C)NC(=O)OCC(C)(COC(=O)NC(C)(COC(=O)C=C)COC(=O)C=C)C(=O)OCCn1c(=O)n(CCOC(=O)C(C)(COC(=O)NC(C)(COC(=O)C=C)COC(=O)C=C)COC(=O)NC(C)(COC(=O)C=C)COC(=O)C=C)c(=O)n(CCOC(=O)C(C)(COC(=O)NC(C)(COC(=O)C=C)COC(=O)C=C)COC(=O)NC(C)(COC(=O)C=C)COC(=O)C=C)c1=O. The highest BCUT2D eigenvalue weighted by Crippen LogP contribution is 2.26. The lowest BCUT2D eigenvalue weighted by atomic mass is 9.93. The quantitative estimate of drug-likeness (QED) is 0.0293. The van der Waals surface area contributed by atoms with E-state index in [-0.39, 0.29) is 13.7 Å². The molecule has 1 heterocycles. The molecule has 1 rings (SSSR count). The normalized spacial score (nSPS) is 11.2. The number of aromatic nitrogens is 3. The average Bonchev–Trinajstić information content (AvgIpc) is 0.779. The van der Waals surface area contributed by atoms with Crippen LogP contribution < -0.4 is 49.0 Å². The van der Waals surface area contributed by atoms with Crippen LogP contribution in [0.4, 0.5) is 28.8 Å². The van der Waals surface area contributed by atoms with E-state index in [1.54, 1.807) is 0 Å². The standard InChI is InChI=1S/C90H117N9O45/c1-22-58(100)127-46-85(16,47-128-59(101)23-2)91-73(115)139-40-82(13,41-140-74(116)92-86(17,48-129-60(102)24-3)49-130-61(103)25-4)70(112)124-37-34-97-79(121)98(35-38-125-71(113)83(14,42-141-75(117)93-87(18,50-131-62(104)26-5)51-132-63(105)27-6)43-142-76(118)94-88(19,52-133-64(106)28-7)53-134-65(107)29-8)81(123)99(80(97)122)36-39-126-72(114)84(15,44-143-77(119)95-89(20,54-135-66(108)30-9)55-136-67(109)31-10)45-144-78(120)96-90(21,56-137-68(110)32-11)57-138-69(111)33-12/h22-33H,1-12,34-57H2,13-21H3,(H,91,115)(H,92,116)(H,93,117)(H,94,118)(H,95,119)(H,96,120). The van der Waals surface area contributed by atoms with Gasteiger partial charge in [-0.05, 0) is 62.3 Å². The molecule has 54 heteroatoms. The zero-order chi connectivity index (χ0) is 110. The molecule has 6 N–H and O–H groups in total. The van der Waals surface area contributed by atoms with Gasteiger partial charge < -0.3 is 131 Å². The summed E-state index contributed by atoms with van der Waals surface area (Å²) in [4.78, 5) is 319. The zero-order valence-electron chi connectivity index (χ0n) is 80.6. The first-order valence-corrected chi connectivity index (χ1v) is 42.0. The summed E-state index contributed by atoms with van der Waals surface area (Å²) >= 11 is 0. The van der Waals surface area contributed by atoms with Crippen LogP contribution >= 0.6 is 0 Å². The predicted molar refractivity (Wildman–Crippen MR) is 488 cm³/mol. The van der Waals surface area contributed by atoms with Gasteiger partial charge in [0, 0.05) is 72.9 Å². The molecule has 0 fully saturated rings. The van der Waals surface area contributed by atoms with Crippen LogP contribution in [-0.4, -0.2) is 312 Å². The van der Waals surface area contributed by atoms with Crippen molar-refractivity contribution in [2.24, 2.45) is 16.2 Å². The molecule has 0 aliphatic heterocycles. The Morgan fingerprint density at radius 3 is 0.410 bits per heavy atom. The van der Waals surface area contributed by atoms with Gasteiger partial charge in [0.15, 0.2) is 0 Å². The molecule has 1 aromatic rings. The maximum atomic E-state index is 15.0. The lowest BCUT2D eigenvalue weighted by molar-refractivity contribution is -0.161. The maximum absolute atomic E-state index is 15.0. The van der Waals surface area contributed by atoms with E-state index in [1.807, 2.05) is 0 Å². The van der Waals surface area contributed by atoms with E-state index in [0.717, 1.165) is 93.7 Å². The minimum atomic E-state index is -2.51. The monoisotopic (exact) mass is 2040 g/mol. The third-order valence-corrected chi connectivity index (χ3v) is 18.5. The van der Waals surface area contributed by atoms with Crippen molar-refractivity contribution in [2.75, 3.05) is 139 Å². The lowest BCUT2D eigenvalue weighted by Crippen LogP contribution is -2.56. The van der Waals surface area contributed by atoms with E-state index in [2.05, 4.69) is 111 Å². The highest BCUT2D eigenvalue weighted by Gasteiger charge is 2.46. The summed E-state index contributed by atoms with van der Waals surface area (Å²) in [5, 5.41) is 13.7. The van der Waals surface area contributed by atoms with E-state index < -0.39 is 351 Å². The number of alkyl carbamates (subject to hydrolysis) is 6. The van der Waals surface area contributed by atoms with Gasteiger partial charge in [-0.15, -0.1) is 0 Å². The number of carbonyl (C=O) groups is 21. The van der Waals surface area contributed by atoms with E-state index in [0.29, 0.717) is 0 Å². The van der Waals surface area contributed by atoms with Crippen LogP contribution in [0.1, 0.15) is 62.3 Å². The third kappa shape index (κ3) is 45.7. The Hall–Kier alpha value is -17.0. The van der Waals surface area contributed by atoms with Crippen LogP contribution in [0, 0.1) is 16.2 Å². The first-order chi connectivity index (χ1) is 67.3. The van der Waals surface area contributed by atoms with Gasteiger partial charge in [0.1, 0.15) is 188 Å². The number of esters is 15. The fraction of sp³-hybridized carbons (Fsp3) is 0.467. The molecule has 0 unspecified atom stereocenters. The van der Waals surface area contributed by atoms with E-state index in [1.165, 1.54) is 41.5 Å². The molecule has 54 nitrogen and oxygen atoms in total. The van der Waals surface area contributed by atoms with Gasteiger partial charge >= 0.3 is 143 Å². The van der Waals surface area contributed by atoms with Crippen LogP contribution in [0.5, 0.6) is 0 Å². The maximum Gasteiger partial charge on any atom is 0.407 e. The first-order valence-electron chi connectivity index (χ1n) is 42.0. The Balaban J connectivity index is 4.69. The van der Waals surface area contributed by atoms with E-state index >= 15 is 0 Å². The summed E-state index contributed by atoms with van der Waals surface area (Å²) < 4.78 is 111. The summed E-state index contributed by atoms with van der Waals surface area (Å²) in [7, 11) is 0. The fourth-order valence-electron chi connectivity index (χ4n) is 10.1. The lowest BCUT2D eigenvalue weighted by Gasteiger charge is -2.32. The number of rotatable bonds is 66. The second-order valence-corrected chi connectivity index (χ2v) is 32.7. The molecule has 0 aliphatic carbocycles. The van der Waals surface area contributed by atoms with Crippen molar-refractivity contribution in [3.05, 3.63) is 183 Å². The smallest absolute Gasteiger partial charge is 0.407 e. The van der Waals surface area contributed by atoms with E-state index in [4.69, 9.17) is 99.5 Å². The second kappa shape index (κ2) is 60.1. The number of hydrogen-bond donors (Lipinski definition) is 6. The van der Waals surface area contributed by atoms with Crippen molar-refractivity contribution >= 4 is 126 Å². The van der Waals surface area contributed by atoms with Crippen molar-refractivity contribution in [1.82, 2.24) is 45.6 Å². The van der Waals surface area contributed by atoms with E-state index in [9.17, 15) is 115 Å². The number of nitrogens with one attached hydrogen (secondary N) is 6. The number of nitrogens with zero attached hydrogens (tertiary/aromatic N) is 3. The van der Waals surface area contributed by atoms with Crippen molar-refractivity contribution in [3.8, 4) is 0 Å². The number of amides is 6. The Bertz CT molecular complexity index is 4290. The highest BCUT2D eigenvalue weighted by atomic mass is 16.6. The van der Waals surface area contributed by atoms with Gasteiger partial charge in [-0.2, -0.15) is 0 Å². The molecule has 0 bridgehead atoms. The Labute approximate surface area is 822 Å². The van der Waals surface area contributed by atoms with Crippen molar-refractivity contribution < 1.29 is 200 Å². The van der Waals surface area contributed by atoms with Gasteiger partial charge in [0.25, 0.3) is 0 Å². The molecule has 1 aromatic heterocycles. The van der Waals surface area contributed by atoms with Crippen molar-refractivity contribution in [1.29, 1.82) is 0 Å². The zero-order valence-corrected chi connectivity index (χ0v) is 80.6. The molecular weight excluding hydrogens is 1930 g/mol.